The normalized spacial score (nSPS) is 10.8. The van der Waals surface area contributed by atoms with Gasteiger partial charge in [0.15, 0.2) is 6.61 Å². The van der Waals surface area contributed by atoms with Crippen molar-refractivity contribution in [3.8, 4) is 0 Å². The Hall–Kier alpha value is -2.50. The summed E-state index contributed by atoms with van der Waals surface area (Å²) in [5, 5.41) is 2.69. The van der Waals surface area contributed by atoms with Crippen LogP contribution in [0.4, 0.5) is 0 Å². The van der Waals surface area contributed by atoms with E-state index in [2.05, 4.69) is 15.3 Å². The fourth-order valence-corrected chi connectivity index (χ4v) is 1.94. The van der Waals surface area contributed by atoms with E-state index in [0.717, 1.165) is 16.9 Å². The molecule has 6 nitrogen and oxygen atoms in total. The van der Waals surface area contributed by atoms with E-state index in [1.54, 1.807) is 18.2 Å². The van der Waals surface area contributed by atoms with Crippen LogP contribution in [0.25, 0.3) is 11.0 Å². The number of hydrogen-bond acceptors (Lipinski definition) is 5. The van der Waals surface area contributed by atoms with E-state index >= 15 is 0 Å². The molecule has 0 fully saturated rings. The molecular formula is C17H21N3O3. The number of fused-ring (bicyclic) bond motifs is 1. The lowest BCUT2D eigenvalue weighted by Gasteiger charge is -2.09. The first-order valence-electron chi connectivity index (χ1n) is 7.55. The van der Waals surface area contributed by atoms with E-state index in [1.807, 2.05) is 27.7 Å². The smallest absolute Gasteiger partial charge is 0.338 e. The van der Waals surface area contributed by atoms with Crippen LogP contribution in [0.5, 0.6) is 0 Å². The lowest BCUT2D eigenvalue weighted by atomic mass is 10.2. The molecule has 6 heteroatoms. The zero-order chi connectivity index (χ0) is 17.0. The van der Waals surface area contributed by atoms with Gasteiger partial charge in [0.1, 0.15) is 0 Å². The summed E-state index contributed by atoms with van der Waals surface area (Å²) >= 11 is 0. The van der Waals surface area contributed by atoms with E-state index in [0.29, 0.717) is 23.5 Å². The maximum absolute atomic E-state index is 12.0. The molecule has 1 aromatic carbocycles. The Kier molecular flexibility index (Phi) is 5.26. The van der Waals surface area contributed by atoms with Crippen LogP contribution in [0.3, 0.4) is 0 Å². The number of ether oxygens (including phenoxy) is 1. The number of nitrogens with one attached hydrogen (secondary N) is 1. The van der Waals surface area contributed by atoms with Gasteiger partial charge in [-0.25, -0.2) is 14.8 Å². The highest BCUT2D eigenvalue weighted by Crippen LogP contribution is 2.15. The van der Waals surface area contributed by atoms with Gasteiger partial charge in [0, 0.05) is 6.54 Å². The quantitative estimate of drug-likeness (QED) is 0.855. The molecule has 0 bridgehead atoms. The topological polar surface area (TPSA) is 81.2 Å². The summed E-state index contributed by atoms with van der Waals surface area (Å²) in [6.45, 7) is 8.01. The Morgan fingerprint density at radius 3 is 2.43 bits per heavy atom. The zero-order valence-electron chi connectivity index (χ0n) is 13.8. The predicted octanol–water partition coefficient (Wildman–Crippen LogP) is 2.18. The van der Waals surface area contributed by atoms with Gasteiger partial charge in [0.2, 0.25) is 0 Å². The summed E-state index contributed by atoms with van der Waals surface area (Å²) in [6.07, 6.45) is 0. The summed E-state index contributed by atoms with van der Waals surface area (Å²) in [6, 6.07) is 4.98. The molecule has 0 atom stereocenters. The lowest BCUT2D eigenvalue weighted by Crippen LogP contribution is -2.31. The predicted molar refractivity (Wildman–Crippen MR) is 87.1 cm³/mol. The minimum absolute atomic E-state index is 0.289. The number of hydrogen-bond donors (Lipinski definition) is 1. The van der Waals surface area contributed by atoms with Crippen molar-refractivity contribution in [2.75, 3.05) is 13.2 Å². The van der Waals surface area contributed by atoms with Crippen molar-refractivity contribution in [3.63, 3.8) is 0 Å². The Labute approximate surface area is 135 Å². The summed E-state index contributed by atoms with van der Waals surface area (Å²) in [7, 11) is 0. The molecule has 0 unspecified atom stereocenters. The molecular weight excluding hydrogens is 294 g/mol. The number of esters is 1. The summed E-state index contributed by atoms with van der Waals surface area (Å²) in [5.41, 5.74) is 3.38. The van der Waals surface area contributed by atoms with Gasteiger partial charge in [0.05, 0.1) is 28.0 Å². The summed E-state index contributed by atoms with van der Waals surface area (Å²) in [4.78, 5) is 32.4. The van der Waals surface area contributed by atoms with Crippen molar-refractivity contribution in [3.05, 3.63) is 35.2 Å². The molecule has 0 spiro atoms. The highest BCUT2D eigenvalue weighted by molar-refractivity contribution is 5.94. The van der Waals surface area contributed by atoms with Crippen LogP contribution in [0.1, 0.15) is 35.6 Å². The third-order valence-electron chi connectivity index (χ3n) is 3.35. The lowest BCUT2D eigenvalue weighted by molar-refractivity contribution is -0.124. The van der Waals surface area contributed by atoms with Crippen LogP contribution in [-0.2, 0) is 9.53 Å². The van der Waals surface area contributed by atoms with Gasteiger partial charge in [-0.15, -0.1) is 0 Å². The molecule has 122 valence electrons. The van der Waals surface area contributed by atoms with Crippen molar-refractivity contribution in [2.24, 2.45) is 5.92 Å². The average molecular weight is 315 g/mol. The van der Waals surface area contributed by atoms with Crippen molar-refractivity contribution in [1.82, 2.24) is 15.3 Å². The van der Waals surface area contributed by atoms with Crippen molar-refractivity contribution in [1.29, 1.82) is 0 Å². The fourth-order valence-electron chi connectivity index (χ4n) is 1.94. The molecule has 1 amide bonds. The van der Waals surface area contributed by atoms with E-state index in [4.69, 9.17) is 4.74 Å². The van der Waals surface area contributed by atoms with Crippen molar-refractivity contribution >= 4 is 22.9 Å². The van der Waals surface area contributed by atoms with E-state index < -0.39 is 5.97 Å². The second-order valence-corrected chi connectivity index (χ2v) is 5.87. The maximum Gasteiger partial charge on any atom is 0.338 e. The number of carbonyl (C=O) groups is 2. The largest absolute Gasteiger partial charge is 0.452 e. The number of rotatable bonds is 5. The van der Waals surface area contributed by atoms with Crippen LogP contribution < -0.4 is 5.32 Å². The molecule has 1 heterocycles. The van der Waals surface area contributed by atoms with Crippen LogP contribution in [0, 0.1) is 19.8 Å². The Morgan fingerprint density at radius 2 is 1.78 bits per heavy atom. The van der Waals surface area contributed by atoms with Crippen LogP contribution in [0.2, 0.25) is 0 Å². The minimum atomic E-state index is -0.549. The van der Waals surface area contributed by atoms with Crippen LogP contribution in [0.15, 0.2) is 18.2 Å². The molecule has 0 aliphatic heterocycles. The van der Waals surface area contributed by atoms with Gasteiger partial charge in [0.25, 0.3) is 5.91 Å². The minimum Gasteiger partial charge on any atom is -0.452 e. The van der Waals surface area contributed by atoms with Gasteiger partial charge in [-0.1, -0.05) is 13.8 Å². The Balaban J connectivity index is 2.03. The monoisotopic (exact) mass is 315 g/mol. The highest BCUT2D eigenvalue weighted by atomic mass is 16.5. The van der Waals surface area contributed by atoms with Crippen LogP contribution in [-0.4, -0.2) is 35.0 Å². The molecule has 2 aromatic rings. The SMILES string of the molecule is Cc1nc2ccc(C(=O)OCC(=O)NCC(C)C)cc2nc1C. The second-order valence-electron chi connectivity index (χ2n) is 5.87. The van der Waals surface area contributed by atoms with E-state index in [1.165, 1.54) is 0 Å². The number of benzene rings is 1. The van der Waals surface area contributed by atoms with E-state index in [9.17, 15) is 9.59 Å². The van der Waals surface area contributed by atoms with Gasteiger partial charge in [-0.05, 0) is 38.0 Å². The Bertz CT molecular complexity index is 741. The van der Waals surface area contributed by atoms with Crippen molar-refractivity contribution < 1.29 is 14.3 Å². The third kappa shape index (κ3) is 4.48. The molecule has 2 rings (SSSR count). The van der Waals surface area contributed by atoms with Gasteiger partial charge in [-0.2, -0.15) is 0 Å². The molecule has 0 radical (unpaired) electrons. The molecule has 0 saturated heterocycles. The van der Waals surface area contributed by atoms with E-state index in [-0.39, 0.29) is 12.5 Å². The summed E-state index contributed by atoms with van der Waals surface area (Å²) in [5.74, 6) is -0.508. The molecule has 1 N–H and O–H groups in total. The number of nitrogens with zero attached hydrogens (tertiary/aromatic N) is 2. The number of amides is 1. The van der Waals surface area contributed by atoms with Gasteiger partial charge >= 0.3 is 5.97 Å². The van der Waals surface area contributed by atoms with Crippen molar-refractivity contribution in [2.45, 2.75) is 27.7 Å². The Morgan fingerprint density at radius 1 is 1.13 bits per heavy atom. The number of aromatic nitrogens is 2. The molecule has 0 aliphatic rings. The standard InChI is InChI=1S/C17H21N3O3/c1-10(2)8-18-16(21)9-23-17(22)13-5-6-14-15(7-13)20-12(4)11(3)19-14/h5-7,10H,8-9H2,1-4H3,(H,18,21). The first-order valence-corrected chi connectivity index (χ1v) is 7.55. The third-order valence-corrected chi connectivity index (χ3v) is 3.35. The molecule has 23 heavy (non-hydrogen) atoms. The number of aryl methyl sites for hydroxylation is 2. The second kappa shape index (κ2) is 7.17. The molecule has 1 aromatic heterocycles. The first-order chi connectivity index (χ1) is 10.9. The maximum atomic E-state index is 12.0. The highest BCUT2D eigenvalue weighted by Gasteiger charge is 2.12. The molecule has 0 saturated carbocycles. The first kappa shape index (κ1) is 16.9. The number of carbonyl (C=O) groups excluding carboxylic acids is 2. The summed E-state index contributed by atoms with van der Waals surface area (Å²) < 4.78 is 5.03. The van der Waals surface area contributed by atoms with Gasteiger partial charge < -0.3 is 10.1 Å². The zero-order valence-corrected chi connectivity index (χ0v) is 13.8. The molecule has 0 aliphatic carbocycles. The average Bonchev–Trinajstić information content (AvgIpc) is 2.51. The van der Waals surface area contributed by atoms with Crippen LogP contribution >= 0.6 is 0 Å². The fraction of sp³-hybridized carbons (Fsp3) is 0.412. The van der Waals surface area contributed by atoms with Gasteiger partial charge in [-0.3, -0.25) is 4.79 Å².